The van der Waals surface area contributed by atoms with Gasteiger partial charge in [0.05, 0.1) is 25.7 Å². The number of amides is 1. The van der Waals surface area contributed by atoms with Gasteiger partial charge >= 0.3 is 0 Å². The van der Waals surface area contributed by atoms with E-state index in [4.69, 9.17) is 15.6 Å². The highest BCUT2D eigenvalue weighted by Gasteiger charge is 2.12. The fourth-order valence-electron chi connectivity index (χ4n) is 1.49. The largest absolute Gasteiger partial charge is 0.398 e. The number of nitrogens with one attached hydrogen (secondary N) is 1. The Bertz CT molecular complexity index is 369. The van der Waals surface area contributed by atoms with Gasteiger partial charge in [0, 0.05) is 12.8 Å². The van der Waals surface area contributed by atoms with Crippen LogP contribution >= 0.6 is 0 Å². The molecule has 0 saturated carbocycles. The third-order valence-electron chi connectivity index (χ3n) is 2.36. The summed E-state index contributed by atoms with van der Waals surface area (Å²) in [7, 11) is 1.52. The molecule has 1 rings (SSSR count). The molecule has 1 aromatic carbocycles. The Balaban J connectivity index is 2.52. The molecular formula is C12H18N2O3. The predicted octanol–water partition coefficient (Wildman–Crippen LogP) is -0.0652. The van der Waals surface area contributed by atoms with Gasteiger partial charge in [0.1, 0.15) is 0 Å². The number of anilines is 1. The summed E-state index contributed by atoms with van der Waals surface area (Å²) in [6, 6.07) is 6.83. The number of methoxy groups -OCH3 is 1. The summed E-state index contributed by atoms with van der Waals surface area (Å²) in [4.78, 5) is 11.7. The SMILES string of the molecule is COCC(CO)NC(=O)Cc1ccccc1N. The Morgan fingerprint density at radius 3 is 2.82 bits per heavy atom. The molecule has 94 valence electrons. The number of para-hydroxylation sites is 1. The standard InChI is InChI=1S/C12H18N2O3/c1-17-8-10(7-15)14-12(16)6-9-4-2-3-5-11(9)13/h2-5,10,15H,6-8,13H2,1H3,(H,14,16). The monoisotopic (exact) mass is 238 g/mol. The smallest absolute Gasteiger partial charge is 0.224 e. The highest BCUT2D eigenvalue weighted by molar-refractivity contribution is 5.80. The van der Waals surface area contributed by atoms with E-state index in [-0.39, 0.29) is 31.6 Å². The van der Waals surface area contributed by atoms with Gasteiger partial charge in [-0.25, -0.2) is 0 Å². The highest BCUT2D eigenvalue weighted by Crippen LogP contribution is 2.10. The summed E-state index contributed by atoms with van der Waals surface area (Å²) in [5.41, 5.74) is 7.11. The molecule has 0 aliphatic rings. The molecule has 1 amide bonds. The Labute approximate surface area is 101 Å². The lowest BCUT2D eigenvalue weighted by Crippen LogP contribution is -2.41. The van der Waals surface area contributed by atoms with Crippen LogP contribution in [0.2, 0.25) is 0 Å². The van der Waals surface area contributed by atoms with Gasteiger partial charge in [-0.15, -0.1) is 0 Å². The van der Waals surface area contributed by atoms with Gasteiger partial charge in [-0.3, -0.25) is 4.79 Å². The van der Waals surface area contributed by atoms with Crippen molar-refractivity contribution in [3.63, 3.8) is 0 Å². The van der Waals surface area contributed by atoms with Gasteiger partial charge in [-0.1, -0.05) is 18.2 Å². The fraction of sp³-hybridized carbons (Fsp3) is 0.417. The average Bonchev–Trinajstić information content (AvgIpc) is 2.31. The van der Waals surface area contributed by atoms with Crippen molar-refractivity contribution in [2.75, 3.05) is 26.1 Å². The van der Waals surface area contributed by atoms with E-state index in [0.29, 0.717) is 5.69 Å². The highest BCUT2D eigenvalue weighted by atomic mass is 16.5. The van der Waals surface area contributed by atoms with Crippen molar-refractivity contribution in [1.82, 2.24) is 5.32 Å². The number of carbonyl (C=O) groups excluding carboxylic acids is 1. The Morgan fingerprint density at radius 2 is 2.24 bits per heavy atom. The molecule has 1 aromatic rings. The Morgan fingerprint density at radius 1 is 1.53 bits per heavy atom. The Hall–Kier alpha value is -1.59. The minimum Gasteiger partial charge on any atom is -0.398 e. The zero-order chi connectivity index (χ0) is 12.7. The first-order chi connectivity index (χ1) is 8.17. The number of aliphatic hydroxyl groups excluding tert-OH is 1. The molecular weight excluding hydrogens is 220 g/mol. The van der Waals surface area contributed by atoms with Crippen molar-refractivity contribution in [3.8, 4) is 0 Å². The number of benzene rings is 1. The molecule has 0 aliphatic heterocycles. The summed E-state index contributed by atoms with van der Waals surface area (Å²) < 4.78 is 4.87. The van der Waals surface area contributed by atoms with Crippen molar-refractivity contribution in [2.45, 2.75) is 12.5 Å². The van der Waals surface area contributed by atoms with Gasteiger partial charge < -0.3 is 20.9 Å². The number of hydrogen-bond donors (Lipinski definition) is 3. The fourth-order valence-corrected chi connectivity index (χ4v) is 1.49. The van der Waals surface area contributed by atoms with E-state index < -0.39 is 0 Å². The number of carbonyl (C=O) groups is 1. The van der Waals surface area contributed by atoms with Gasteiger partial charge in [-0.05, 0) is 11.6 Å². The number of hydrogen-bond acceptors (Lipinski definition) is 4. The molecule has 0 heterocycles. The van der Waals surface area contributed by atoms with Crippen molar-refractivity contribution in [1.29, 1.82) is 0 Å². The van der Waals surface area contributed by atoms with E-state index in [1.807, 2.05) is 12.1 Å². The van der Waals surface area contributed by atoms with Crippen LogP contribution in [0.15, 0.2) is 24.3 Å². The van der Waals surface area contributed by atoms with E-state index in [9.17, 15) is 4.79 Å². The van der Waals surface area contributed by atoms with Gasteiger partial charge in [0.2, 0.25) is 5.91 Å². The quantitative estimate of drug-likeness (QED) is 0.606. The van der Waals surface area contributed by atoms with Crippen LogP contribution in [0.1, 0.15) is 5.56 Å². The van der Waals surface area contributed by atoms with E-state index in [1.54, 1.807) is 12.1 Å². The average molecular weight is 238 g/mol. The van der Waals surface area contributed by atoms with Crippen LogP contribution in [0.3, 0.4) is 0 Å². The topological polar surface area (TPSA) is 84.6 Å². The van der Waals surface area contributed by atoms with E-state index in [1.165, 1.54) is 7.11 Å². The first kappa shape index (κ1) is 13.5. The summed E-state index contributed by atoms with van der Waals surface area (Å²) >= 11 is 0. The number of rotatable bonds is 6. The lowest BCUT2D eigenvalue weighted by atomic mass is 10.1. The van der Waals surface area contributed by atoms with Gasteiger partial charge in [0.15, 0.2) is 0 Å². The van der Waals surface area contributed by atoms with Crippen molar-refractivity contribution in [3.05, 3.63) is 29.8 Å². The van der Waals surface area contributed by atoms with E-state index in [2.05, 4.69) is 5.32 Å². The number of aliphatic hydroxyl groups is 1. The maximum Gasteiger partial charge on any atom is 0.224 e. The van der Waals surface area contributed by atoms with E-state index >= 15 is 0 Å². The van der Waals surface area contributed by atoms with Crippen LogP contribution in [0.25, 0.3) is 0 Å². The molecule has 0 bridgehead atoms. The first-order valence-electron chi connectivity index (χ1n) is 5.40. The second kappa shape index (κ2) is 6.88. The van der Waals surface area contributed by atoms with Crippen LogP contribution in [0, 0.1) is 0 Å². The zero-order valence-electron chi connectivity index (χ0n) is 9.85. The van der Waals surface area contributed by atoms with Crippen molar-refractivity contribution < 1.29 is 14.6 Å². The lowest BCUT2D eigenvalue weighted by molar-refractivity contribution is -0.121. The van der Waals surface area contributed by atoms with Crippen LogP contribution in [-0.4, -0.2) is 37.4 Å². The summed E-state index contributed by atoms with van der Waals surface area (Å²) in [6.07, 6.45) is 0.201. The van der Waals surface area contributed by atoms with Crippen LogP contribution < -0.4 is 11.1 Å². The molecule has 17 heavy (non-hydrogen) atoms. The predicted molar refractivity (Wildman–Crippen MR) is 65.5 cm³/mol. The minimum atomic E-state index is -0.377. The second-order valence-corrected chi connectivity index (χ2v) is 3.78. The molecule has 5 heteroatoms. The third kappa shape index (κ3) is 4.42. The third-order valence-corrected chi connectivity index (χ3v) is 2.36. The maximum atomic E-state index is 11.7. The second-order valence-electron chi connectivity index (χ2n) is 3.78. The normalized spacial score (nSPS) is 12.1. The van der Waals surface area contributed by atoms with Crippen LogP contribution in [0.5, 0.6) is 0 Å². The minimum absolute atomic E-state index is 0.149. The summed E-state index contributed by atoms with van der Waals surface area (Å²) in [5.74, 6) is -0.181. The zero-order valence-corrected chi connectivity index (χ0v) is 9.85. The number of nitrogen functional groups attached to an aromatic ring is 1. The van der Waals surface area contributed by atoms with Crippen LogP contribution in [-0.2, 0) is 16.0 Å². The number of ether oxygens (including phenoxy) is 1. The van der Waals surface area contributed by atoms with Crippen LogP contribution in [0.4, 0.5) is 5.69 Å². The molecule has 0 spiro atoms. The molecule has 1 unspecified atom stereocenters. The summed E-state index contributed by atoms with van der Waals surface area (Å²) in [5, 5.41) is 11.7. The molecule has 0 radical (unpaired) electrons. The summed E-state index contributed by atoms with van der Waals surface area (Å²) in [6.45, 7) is 0.135. The molecule has 0 aromatic heterocycles. The Kier molecular flexibility index (Phi) is 5.45. The molecule has 4 N–H and O–H groups in total. The maximum absolute atomic E-state index is 11.7. The van der Waals surface area contributed by atoms with Crippen molar-refractivity contribution >= 4 is 11.6 Å². The van der Waals surface area contributed by atoms with Gasteiger partial charge in [0.25, 0.3) is 0 Å². The van der Waals surface area contributed by atoms with Crippen molar-refractivity contribution in [2.24, 2.45) is 0 Å². The first-order valence-corrected chi connectivity index (χ1v) is 5.40. The molecule has 0 fully saturated rings. The van der Waals surface area contributed by atoms with Gasteiger partial charge in [-0.2, -0.15) is 0 Å². The van der Waals surface area contributed by atoms with E-state index in [0.717, 1.165) is 5.56 Å². The number of nitrogens with two attached hydrogens (primary N) is 1. The molecule has 0 saturated heterocycles. The lowest BCUT2D eigenvalue weighted by Gasteiger charge is -2.15. The molecule has 0 aliphatic carbocycles. The molecule has 1 atom stereocenters. The molecule has 5 nitrogen and oxygen atoms in total.